The Morgan fingerprint density at radius 1 is 1.44 bits per heavy atom. The molecule has 0 heterocycles. The number of benzene rings is 1. The van der Waals surface area contributed by atoms with Gasteiger partial charge in [-0.1, -0.05) is 28.1 Å². The van der Waals surface area contributed by atoms with E-state index in [0.29, 0.717) is 12.6 Å². The minimum absolute atomic E-state index is 0.182. The van der Waals surface area contributed by atoms with Crippen LogP contribution < -0.4 is 5.32 Å². The van der Waals surface area contributed by atoms with Crippen molar-refractivity contribution >= 4 is 21.8 Å². The van der Waals surface area contributed by atoms with Crippen LogP contribution in [0.3, 0.4) is 0 Å². The van der Waals surface area contributed by atoms with Crippen LogP contribution in [-0.2, 0) is 4.79 Å². The predicted molar refractivity (Wildman–Crippen MR) is 76.4 cm³/mol. The summed E-state index contributed by atoms with van der Waals surface area (Å²) in [7, 11) is 1.89. The Morgan fingerprint density at radius 2 is 2.06 bits per heavy atom. The number of carbonyl (C=O) groups excluding carboxylic acids is 1. The van der Waals surface area contributed by atoms with Crippen molar-refractivity contribution in [1.82, 2.24) is 10.2 Å². The Morgan fingerprint density at radius 3 is 2.61 bits per heavy atom. The van der Waals surface area contributed by atoms with Gasteiger partial charge in [0.25, 0.3) is 0 Å². The molecule has 98 valence electrons. The van der Waals surface area contributed by atoms with Crippen molar-refractivity contribution in [2.45, 2.75) is 31.8 Å². The summed E-state index contributed by atoms with van der Waals surface area (Å²) in [5, 5.41) is 3.28. The molecule has 1 fully saturated rings. The first-order chi connectivity index (χ1) is 8.58. The quantitative estimate of drug-likeness (QED) is 0.907. The second-order valence-electron chi connectivity index (χ2n) is 4.89. The number of amides is 1. The summed E-state index contributed by atoms with van der Waals surface area (Å²) in [4.78, 5) is 13.7. The molecular formula is C14H19BrN2O. The number of nitrogens with zero attached hydrogens (tertiary/aromatic N) is 1. The van der Waals surface area contributed by atoms with Crippen LogP contribution in [0.1, 0.15) is 31.4 Å². The van der Waals surface area contributed by atoms with E-state index < -0.39 is 0 Å². The van der Waals surface area contributed by atoms with Gasteiger partial charge in [0.2, 0.25) is 5.91 Å². The van der Waals surface area contributed by atoms with Crippen molar-refractivity contribution < 1.29 is 4.79 Å². The predicted octanol–water partition coefficient (Wildman–Crippen LogP) is 2.72. The SMILES string of the molecule is C[C@@H](NCC(=O)N(C)C1CC1)c1ccc(Br)cc1. The van der Waals surface area contributed by atoms with E-state index in [0.717, 1.165) is 17.3 Å². The van der Waals surface area contributed by atoms with Gasteiger partial charge in [-0.3, -0.25) is 4.79 Å². The van der Waals surface area contributed by atoms with Crippen LogP contribution in [-0.4, -0.2) is 30.4 Å². The Labute approximate surface area is 117 Å². The average Bonchev–Trinajstić information content (AvgIpc) is 3.19. The van der Waals surface area contributed by atoms with Gasteiger partial charge in [0.15, 0.2) is 0 Å². The van der Waals surface area contributed by atoms with E-state index in [1.807, 2.05) is 24.1 Å². The van der Waals surface area contributed by atoms with Crippen LogP contribution in [0, 0.1) is 0 Å². The molecule has 0 bridgehead atoms. The van der Waals surface area contributed by atoms with Crippen molar-refractivity contribution in [3.63, 3.8) is 0 Å². The summed E-state index contributed by atoms with van der Waals surface area (Å²) in [6.07, 6.45) is 2.31. The topological polar surface area (TPSA) is 32.3 Å². The molecule has 2 rings (SSSR count). The maximum Gasteiger partial charge on any atom is 0.236 e. The summed E-state index contributed by atoms with van der Waals surface area (Å²) in [5.74, 6) is 0.182. The molecule has 0 spiro atoms. The van der Waals surface area contributed by atoms with Crippen LogP contribution in [0.15, 0.2) is 28.7 Å². The molecule has 1 atom stereocenters. The van der Waals surface area contributed by atoms with E-state index in [1.54, 1.807) is 0 Å². The largest absolute Gasteiger partial charge is 0.342 e. The normalized spacial score (nSPS) is 16.4. The first-order valence-corrected chi connectivity index (χ1v) is 7.11. The zero-order valence-electron chi connectivity index (χ0n) is 10.8. The summed E-state index contributed by atoms with van der Waals surface area (Å²) >= 11 is 3.42. The van der Waals surface area contributed by atoms with Gasteiger partial charge in [-0.15, -0.1) is 0 Å². The Balaban J connectivity index is 1.82. The van der Waals surface area contributed by atoms with Crippen molar-refractivity contribution in [2.24, 2.45) is 0 Å². The molecule has 0 aliphatic heterocycles. The Hall–Kier alpha value is -0.870. The maximum atomic E-state index is 11.9. The molecule has 1 aromatic carbocycles. The van der Waals surface area contributed by atoms with Gasteiger partial charge in [0, 0.05) is 23.6 Å². The minimum atomic E-state index is 0.182. The molecule has 0 aromatic heterocycles. The van der Waals surface area contributed by atoms with Crippen molar-refractivity contribution in [3.05, 3.63) is 34.3 Å². The lowest BCUT2D eigenvalue weighted by Gasteiger charge is -2.19. The first kappa shape index (κ1) is 13.6. The fourth-order valence-electron chi connectivity index (χ4n) is 1.90. The van der Waals surface area contributed by atoms with Crippen molar-refractivity contribution in [2.75, 3.05) is 13.6 Å². The number of nitrogens with one attached hydrogen (secondary N) is 1. The molecule has 0 unspecified atom stereocenters. The van der Waals surface area contributed by atoms with Crippen LogP contribution in [0.4, 0.5) is 0 Å². The fraction of sp³-hybridized carbons (Fsp3) is 0.500. The monoisotopic (exact) mass is 310 g/mol. The van der Waals surface area contributed by atoms with Crippen molar-refractivity contribution in [1.29, 1.82) is 0 Å². The standard InChI is InChI=1S/C14H19BrN2O/c1-10(11-3-5-12(15)6-4-11)16-9-14(18)17(2)13-7-8-13/h3-6,10,13,16H,7-9H2,1-2H3/t10-/m1/s1. The molecule has 1 saturated carbocycles. The summed E-state index contributed by atoms with van der Waals surface area (Å²) in [6, 6.07) is 8.85. The Bertz CT molecular complexity index is 414. The smallest absolute Gasteiger partial charge is 0.236 e. The van der Waals surface area contributed by atoms with Crippen LogP contribution in [0.2, 0.25) is 0 Å². The molecule has 1 aromatic rings. The van der Waals surface area contributed by atoms with Gasteiger partial charge in [-0.25, -0.2) is 0 Å². The lowest BCUT2D eigenvalue weighted by atomic mass is 10.1. The zero-order valence-corrected chi connectivity index (χ0v) is 12.4. The molecule has 0 radical (unpaired) electrons. The molecule has 1 N–H and O–H groups in total. The van der Waals surface area contributed by atoms with Gasteiger partial charge < -0.3 is 10.2 Å². The van der Waals surface area contributed by atoms with E-state index in [2.05, 4.69) is 40.3 Å². The molecule has 1 aliphatic carbocycles. The van der Waals surface area contributed by atoms with E-state index in [1.165, 1.54) is 5.56 Å². The number of rotatable bonds is 5. The highest BCUT2D eigenvalue weighted by molar-refractivity contribution is 9.10. The fourth-order valence-corrected chi connectivity index (χ4v) is 2.16. The third-order valence-electron chi connectivity index (χ3n) is 3.42. The lowest BCUT2D eigenvalue weighted by Crippen LogP contribution is -2.37. The first-order valence-electron chi connectivity index (χ1n) is 6.32. The van der Waals surface area contributed by atoms with E-state index >= 15 is 0 Å². The van der Waals surface area contributed by atoms with Gasteiger partial charge >= 0.3 is 0 Å². The highest BCUT2D eigenvalue weighted by Gasteiger charge is 2.29. The third-order valence-corrected chi connectivity index (χ3v) is 3.95. The van der Waals surface area contributed by atoms with Gasteiger partial charge in [-0.05, 0) is 37.5 Å². The summed E-state index contributed by atoms with van der Waals surface area (Å²) in [6.45, 7) is 2.48. The van der Waals surface area contributed by atoms with E-state index in [4.69, 9.17) is 0 Å². The molecule has 1 aliphatic rings. The third kappa shape index (κ3) is 3.56. The van der Waals surface area contributed by atoms with Crippen molar-refractivity contribution in [3.8, 4) is 0 Å². The molecule has 3 nitrogen and oxygen atoms in total. The summed E-state index contributed by atoms with van der Waals surface area (Å²) < 4.78 is 1.07. The molecule has 18 heavy (non-hydrogen) atoms. The molecule has 1 amide bonds. The highest BCUT2D eigenvalue weighted by Crippen LogP contribution is 2.25. The average molecular weight is 311 g/mol. The number of hydrogen-bond donors (Lipinski definition) is 1. The van der Waals surface area contributed by atoms with E-state index in [9.17, 15) is 4.79 Å². The van der Waals surface area contributed by atoms with E-state index in [-0.39, 0.29) is 11.9 Å². The maximum absolute atomic E-state index is 11.9. The molecule has 4 heteroatoms. The van der Waals surface area contributed by atoms with Gasteiger partial charge in [0.05, 0.1) is 6.54 Å². The Kier molecular flexibility index (Phi) is 4.40. The second-order valence-corrected chi connectivity index (χ2v) is 5.81. The molecular weight excluding hydrogens is 292 g/mol. The number of likely N-dealkylation sites (N-methyl/N-ethyl adjacent to an activating group) is 1. The van der Waals surface area contributed by atoms with Crippen LogP contribution in [0.5, 0.6) is 0 Å². The second kappa shape index (κ2) is 5.85. The van der Waals surface area contributed by atoms with Gasteiger partial charge in [0.1, 0.15) is 0 Å². The number of halogens is 1. The lowest BCUT2D eigenvalue weighted by molar-refractivity contribution is -0.129. The zero-order chi connectivity index (χ0) is 13.1. The highest BCUT2D eigenvalue weighted by atomic mass is 79.9. The summed E-state index contributed by atoms with van der Waals surface area (Å²) in [5.41, 5.74) is 1.19. The molecule has 0 saturated heterocycles. The van der Waals surface area contributed by atoms with Crippen LogP contribution >= 0.6 is 15.9 Å². The minimum Gasteiger partial charge on any atom is -0.342 e. The van der Waals surface area contributed by atoms with Gasteiger partial charge in [-0.2, -0.15) is 0 Å². The van der Waals surface area contributed by atoms with Crippen LogP contribution in [0.25, 0.3) is 0 Å². The number of carbonyl (C=O) groups is 1. The number of hydrogen-bond acceptors (Lipinski definition) is 2.